The van der Waals surface area contributed by atoms with E-state index in [1.54, 1.807) is 6.07 Å². The van der Waals surface area contributed by atoms with Crippen LogP contribution in [0, 0.1) is 11.8 Å². The van der Waals surface area contributed by atoms with Crippen molar-refractivity contribution in [2.75, 3.05) is 20.3 Å². The third-order valence-corrected chi connectivity index (χ3v) is 4.41. The molecule has 1 fully saturated rings. The van der Waals surface area contributed by atoms with E-state index in [4.69, 9.17) is 26.8 Å². The van der Waals surface area contributed by atoms with E-state index in [2.05, 4.69) is 10.3 Å². The average Bonchev–Trinajstić information content (AvgIpc) is 2.58. The molecule has 0 saturated heterocycles. The molecular formula is C16H22ClN3O4. The number of rotatable bonds is 6. The number of primary amides is 1. The molecule has 2 amide bonds. The van der Waals surface area contributed by atoms with Crippen LogP contribution in [0.1, 0.15) is 36.0 Å². The van der Waals surface area contributed by atoms with E-state index in [-0.39, 0.29) is 11.1 Å². The van der Waals surface area contributed by atoms with Crippen molar-refractivity contribution in [2.45, 2.75) is 25.7 Å². The van der Waals surface area contributed by atoms with E-state index in [0.717, 1.165) is 25.7 Å². The Balaban J connectivity index is 1.77. The van der Waals surface area contributed by atoms with Crippen molar-refractivity contribution in [3.05, 3.63) is 22.8 Å². The molecule has 0 atom stereocenters. The summed E-state index contributed by atoms with van der Waals surface area (Å²) in [4.78, 5) is 26.8. The number of nitrogens with zero attached hydrogens (tertiary/aromatic N) is 1. The number of pyridine rings is 1. The van der Waals surface area contributed by atoms with Gasteiger partial charge in [0.1, 0.15) is 5.15 Å². The van der Waals surface area contributed by atoms with Crippen LogP contribution in [0.2, 0.25) is 5.15 Å². The number of carbonyl (C=O) groups excluding carboxylic acids is 2. The first-order chi connectivity index (χ1) is 11.5. The molecule has 7 nitrogen and oxygen atoms in total. The minimum atomic E-state index is -0.726. The summed E-state index contributed by atoms with van der Waals surface area (Å²) in [6.07, 6.45) is 3.16. The van der Waals surface area contributed by atoms with Gasteiger partial charge < -0.3 is 20.5 Å². The van der Waals surface area contributed by atoms with E-state index in [9.17, 15) is 9.59 Å². The normalized spacial score (nSPS) is 20.2. The van der Waals surface area contributed by atoms with Crippen LogP contribution in [0.3, 0.4) is 0 Å². The van der Waals surface area contributed by atoms with Crippen molar-refractivity contribution < 1.29 is 19.1 Å². The van der Waals surface area contributed by atoms with Gasteiger partial charge in [-0.15, -0.1) is 0 Å². The van der Waals surface area contributed by atoms with Crippen LogP contribution in [0.5, 0.6) is 5.88 Å². The quantitative estimate of drug-likeness (QED) is 0.762. The fraction of sp³-hybridized carbons (Fsp3) is 0.562. The number of hydrogen-bond acceptors (Lipinski definition) is 5. The lowest BCUT2D eigenvalue weighted by Crippen LogP contribution is -2.32. The molecule has 2 rings (SSSR count). The largest absolute Gasteiger partial charge is 0.481 e. The number of hydrogen-bond donors (Lipinski definition) is 2. The van der Waals surface area contributed by atoms with Crippen LogP contribution in [0.4, 0.5) is 4.79 Å². The Morgan fingerprint density at radius 1 is 1.29 bits per heavy atom. The highest BCUT2D eigenvalue weighted by molar-refractivity contribution is 6.29. The molecule has 1 heterocycles. The van der Waals surface area contributed by atoms with Gasteiger partial charge >= 0.3 is 6.09 Å². The van der Waals surface area contributed by atoms with Gasteiger partial charge in [0.2, 0.25) is 5.88 Å². The first kappa shape index (κ1) is 18.3. The van der Waals surface area contributed by atoms with Gasteiger partial charge in [0.05, 0.1) is 13.7 Å². The van der Waals surface area contributed by atoms with E-state index in [1.165, 1.54) is 13.2 Å². The number of aromatic nitrogens is 1. The summed E-state index contributed by atoms with van der Waals surface area (Å²) in [7, 11) is 1.47. The number of carbonyl (C=O) groups is 2. The van der Waals surface area contributed by atoms with Crippen molar-refractivity contribution in [1.82, 2.24) is 10.3 Å². The number of amides is 2. The minimum Gasteiger partial charge on any atom is -0.481 e. The van der Waals surface area contributed by atoms with E-state index in [1.807, 2.05) is 0 Å². The number of methoxy groups -OCH3 is 1. The van der Waals surface area contributed by atoms with Crippen LogP contribution >= 0.6 is 11.6 Å². The van der Waals surface area contributed by atoms with Gasteiger partial charge in [-0.25, -0.2) is 9.78 Å². The third-order valence-electron chi connectivity index (χ3n) is 4.22. The average molecular weight is 356 g/mol. The van der Waals surface area contributed by atoms with Crippen LogP contribution in [-0.4, -0.2) is 37.2 Å². The number of ether oxygens (including phenoxy) is 2. The molecule has 24 heavy (non-hydrogen) atoms. The van der Waals surface area contributed by atoms with Crippen LogP contribution in [-0.2, 0) is 4.74 Å². The van der Waals surface area contributed by atoms with Crippen molar-refractivity contribution in [3.63, 3.8) is 0 Å². The Kier molecular flexibility index (Phi) is 6.66. The zero-order chi connectivity index (χ0) is 17.5. The van der Waals surface area contributed by atoms with Gasteiger partial charge in [0.25, 0.3) is 5.91 Å². The smallest absolute Gasteiger partial charge is 0.404 e. The molecule has 0 radical (unpaired) electrons. The number of nitrogens with one attached hydrogen (secondary N) is 1. The van der Waals surface area contributed by atoms with Gasteiger partial charge in [0.15, 0.2) is 0 Å². The first-order valence-corrected chi connectivity index (χ1v) is 8.27. The summed E-state index contributed by atoms with van der Waals surface area (Å²) < 4.78 is 9.86. The molecule has 3 N–H and O–H groups in total. The summed E-state index contributed by atoms with van der Waals surface area (Å²) >= 11 is 5.87. The molecule has 1 saturated carbocycles. The summed E-state index contributed by atoms with van der Waals surface area (Å²) in [6.45, 7) is 0.980. The zero-order valence-electron chi connectivity index (χ0n) is 13.6. The van der Waals surface area contributed by atoms with Crippen molar-refractivity contribution in [1.29, 1.82) is 0 Å². The fourth-order valence-corrected chi connectivity index (χ4v) is 3.05. The van der Waals surface area contributed by atoms with Crippen molar-refractivity contribution in [2.24, 2.45) is 17.6 Å². The van der Waals surface area contributed by atoms with Crippen molar-refractivity contribution in [3.8, 4) is 5.88 Å². The molecule has 0 aliphatic heterocycles. The van der Waals surface area contributed by atoms with Crippen LogP contribution in [0.15, 0.2) is 12.1 Å². The van der Waals surface area contributed by atoms with Crippen molar-refractivity contribution >= 4 is 23.6 Å². The Bertz CT molecular complexity index is 589. The second-order valence-corrected chi connectivity index (χ2v) is 6.33. The SMILES string of the molecule is COc1cc(C(=O)NC[C@H]2CC[C@H](COC(N)=O)CC2)cc(Cl)n1. The number of nitrogens with two attached hydrogens (primary N) is 1. The second kappa shape index (κ2) is 8.73. The Hall–Kier alpha value is -2.02. The van der Waals surface area contributed by atoms with Gasteiger partial charge in [0, 0.05) is 18.2 Å². The summed E-state index contributed by atoms with van der Waals surface area (Å²) in [6, 6.07) is 3.07. The topological polar surface area (TPSA) is 104 Å². The minimum absolute atomic E-state index is 0.197. The summed E-state index contributed by atoms with van der Waals surface area (Å²) in [5, 5.41) is 3.14. The molecule has 0 aromatic carbocycles. The second-order valence-electron chi connectivity index (χ2n) is 5.95. The molecule has 0 unspecified atom stereocenters. The lowest BCUT2D eigenvalue weighted by atomic mass is 9.82. The third kappa shape index (κ3) is 5.56. The van der Waals surface area contributed by atoms with E-state index >= 15 is 0 Å². The maximum absolute atomic E-state index is 12.2. The molecular weight excluding hydrogens is 334 g/mol. The highest BCUT2D eigenvalue weighted by Crippen LogP contribution is 2.28. The van der Waals surface area contributed by atoms with Gasteiger partial charge in [-0.1, -0.05) is 11.6 Å². The lowest BCUT2D eigenvalue weighted by Gasteiger charge is -2.28. The molecule has 1 aromatic rings. The molecule has 132 valence electrons. The number of halogens is 1. The summed E-state index contributed by atoms with van der Waals surface area (Å²) in [5.41, 5.74) is 5.40. The molecule has 0 bridgehead atoms. The van der Waals surface area contributed by atoms with Gasteiger partial charge in [-0.3, -0.25) is 4.79 Å². The molecule has 8 heteroatoms. The molecule has 1 aromatic heterocycles. The lowest BCUT2D eigenvalue weighted by molar-refractivity contribution is 0.0928. The maximum atomic E-state index is 12.2. The van der Waals surface area contributed by atoms with Gasteiger partial charge in [-0.2, -0.15) is 0 Å². The summed E-state index contributed by atoms with van der Waals surface area (Å²) in [5.74, 6) is 0.880. The fourth-order valence-electron chi connectivity index (χ4n) is 2.85. The highest BCUT2D eigenvalue weighted by atomic mass is 35.5. The molecule has 1 aliphatic rings. The van der Waals surface area contributed by atoms with Crippen LogP contribution < -0.4 is 15.8 Å². The predicted molar refractivity (Wildman–Crippen MR) is 89.1 cm³/mol. The van der Waals surface area contributed by atoms with Gasteiger partial charge in [-0.05, 0) is 43.6 Å². The zero-order valence-corrected chi connectivity index (χ0v) is 14.3. The maximum Gasteiger partial charge on any atom is 0.404 e. The Labute approximate surface area is 145 Å². The monoisotopic (exact) mass is 355 g/mol. The van der Waals surface area contributed by atoms with E-state index < -0.39 is 6.09 Å². The Morgan fingerprint density at radius 2 is 1.96 bits per heavy atom. The predicted octanol–water partition coefficient (Wildman–Crippen LogP) is 2.38. The molecule has 1 aliphatic carbocycles. The first-order valence-electron chi connectivity index (χ1n) is 7.90. The van der Waals surface area contributed by atoms with Crippen LogP contribution in [0.25, 0.3) is 0 Å². The standard InChI is InChI=1S/C16H22ClN3O4/c1-23-14-7-12(6-13(17)20-14)15(21)19-8-10-2-4-11(5-3-10)9-24-16(18)22/h6-7,10-11H,2-5,8-9H2,1H3,(H2,18,22)(H,19,21)/t10-,11-. The highest BCUT2D eigenvalue weighted by Gasteiger charge is 2.22. The van der Waals surface area contributed by atoms with E-state index in [0.29, 0.717) is 36.4 Å². The molecule has 0 spiro atoms. The Morgan fingerprint density at radius 3 is 2.58 bits per heavy atom.